The molecule has 3 aliphatic rings. The third-order valence-corrected chi connectivity index (χ3v) is 5.20. The molecule has 3 rings (SSSR count). The summed E-state index contributed by atoms with van der Waals surface area (Å²) in [6, 6.07) is -1.07. The average Bonchev–Trinajstić information content (AvgIpc) is 2.86. The Labute approximate surface area is 146 Å². The number of halogens is 6. The molecule has 144 valence electrons. The Morgan fingerprint density at radius 1 is 1.23 bits per heavy atom. The summed E-state index contributed by atoms with van der Waals surface area (Å²) < 4.78 is 79.8. The SMILES string of the molecule is CCC1C2=C(C=CC(CC(F)(F)F)N2C)C2=C(NC(=O)C2)C1C(F)(F)F. The van der Waals surface area contributed by atoms with Crippen LogP contribution >= 0.6 is 0 Å². The molecule has 9 heteroatoms. The Balaban J connectivity index is 2.09. The van der Waals surface area contributed by atoms with Crippen molar-refractivity contribution in [3.05, 3.63) is 34.7 Å². The summed E-state index contributed by atoms with van der Waals surface area (Å²) in [7, 11) is 1.39. The van der Waals surface area contributed by atoms with E-state index in [1.165, 1.54) is 24.1 Å². The molecule has 0 spiro atoms. The molecule has 0 aromatic heterocycles. The van der Waals surface area contributed by atoms with Crippen molar-refractivity contribution in [2.75, 3.05) is 7.05 Å². The molecule has 0 radical (unpaired) electrons. The summed E-state index contributed by atoms with van der Waals surface area (Å²) in [6.45, 7) is 1.57. The van der Waals surface area contributed by atoms with Crippen LogP contribution in [0, 0.1) is 11.8 Å². The molecule has 1 amide bonds. The smallest absolute Gasteiger partial charge is 0.370 e. The van der Waals surface area contributed by atoms with Crippen molar-refractivity contribution in [2.45, 2.75) is 44.6 Å². The Hall–Kier alpha value is -1.93. The molecule has 1 aliphatic carbocycles. The first-order valence-corrected chi connectivity index (χ1v) is 8.26. The Kier molecular flexibility index (Phi) is 4.39. The first-order valence-electron chi connectivity index (χ1n) is 8.26. The second kappa shape index (κ2) is 6.06. The molecule has 26 heavy (non-hydrogen) atoms. The van der Waals surface area contributed by atoms with Gasteiger partial charge in [0, 0.05) is 24.4 Å². The number of carbonyl (C=O) groups is 1. The van der Waals surface area contributed by atoms with E-state index in [0.29, 0.717) is 5.57 Å². The van der Waals surface area contributed by atoms with Gasteiger partial charge < -0.3 is 10.2 Å². The third-order valence-electron chi connectivity index (χ3n) is 5.20. The van der Waals surface area contributed by atoms with Crippen molar-refractivity contribution in [3.8, 4) is 0 Å². The molecule has 0 saturated heterocycles. The number of alkyl halides is 6. The van der Waals surface area contributed by atoms with Crippen LogP contribution in [0.25, 0.3) is 0 Å². The normalized spacial score (nSPS) is 29.2. The van der Waals surface area contributed by atoms with Gasteiger partial charge in [0.05, 0.1) is 18.9 Å². The van der Waals surface area contributed by atoms with Crippen LogP contribution in [0.2, 0.25) is 0 Å². The van der Waals surface area contributed by atoms with Crippen LogP contribution < -0.4 is 5.32 Å². The molecule has 3 nitrogen and oxygen atoms in total. The fourth-order valence-corrected chi connectivity index (χ4v) is 4.16. The van der Waals surface area contributed by atoms with Crippen LogP contribution in [0.3, 0.4) is 0 Å². The van der Waals surface area contributed by atoms with Crippen molar-refractivity contribution in [2.24, 2.45) is 11.8 Å². The van der Waals surface area contributed by atoms with Crippen molar-refractivity contribution in [1.82, 2.24) is 10.2 Å². The van der Waals surface area contributed by atoms with E-state index in [1.807, 2.05) is 0 Å². The molecule has 3 unspecified atom stereocenters. The standard InChI is InChI=1S/C17H18F6N2O/c1-3-9-13(17(21,22)23)14-11(6-12(26)24-14)10-5-4-8(7-16(18,19)20)25(2)15(9)10/h4-5,8-9,13H,3,6-7H2,1-2H3,(H,24,26). The topological polar surface area (TPSA) is 32.3 Å². The first-order chi connectivity index (χ1) is 11.9. The Morgan fingerprint density at radius 2 is 1.88 bits per heavy atom. The van der Waals surface area contributed by atoms with E-state index >= 15 is 0 Å². The van der Waals surface area contributed by atoms with Crippen molar-refractivity contribution in [3.63, 3.8) is 0 Å². The number of carbonyl (C=O) groups excluding carboxylic acids is 1. The summed E-state index contributed by atoms with van der Waals surface area (Å²) in [5.74, 6) is -3.50. The fourth-order valence-electron chi connectivity index (χ4n) is 4.16. The van der Waals surface area contributed by atoms with E-state index in [0.717, 1.165) is 0 Å². The zero-order valence-corrected chi connectivity index (χ0v) is 14.1. The van der Waals surface area contributed by atoms with Gasteiger partial charge in [-0.05, 0) is 17.6 Å². The summed E-state index contributed by atoms with van der Waals surface area (Å²) in [4.78, 5) is 13.0. The summed E-state index contributed by atoms with van der Waals surface area (Å²) in [5, 5.41) is 2.33. The van der Waals surface area contributed by atoms with Crippen LogP contribution in [-0.2, 0) is 4.79 Å². The van der Waals surface area contributed by atoms with E-state index in [9.17, 15) is 31.1 Å². The lowest BCUT2D eigenvalue weighted by Gasteiger charge is -2.44. The number of nitrogens with one attached hydrogen (secondary N) is 1. The summed E-state index contributed by atoms with van der Waals surface area (Å²) in [6.07, 6.45) is -7.51. The monoisotopic (exact) mass is 380 g/mol. The van der Waals surface area contributed by atoms with Gasteiger partial charge >= 0.3 is 12.4 Å². The zero-order chi connectivity index (χ0) is 19.4. The van der Waals surface area contributed by atoms with Crippen LogP contribution in [0.4, 0.5) is 26.3 Å². The van der Waals surface area contributed by atoms with Crippen molar-refractivity contribution < 1.29 is 31.1 Å². The molecule has 2 aliphatic heterocycles. The molecular formula is C17H18F6N2O. The molecule has 1 N–H and O–H groups in total. The average molecular weight is 380 g/mol. The second-order valence-corrected chi connectivity index (χ2v) is 6.81. The molecule has 0 fully saturated rings. The van der Waals surface area contributed by atoms with Gasteiger partial charge in [-0.2, -0.15) is 26.3 Å². The predicted molar refractivity (Wildman–Crippen MR) is 81.5 cm³/mol. The number of fused-ring (bicyclic) bond motifs is 1. The molecule has 3 atom stereocenters. The quantitative estimate of drug-likeness (QED) is 0.733. The van der Waals surface area contributed by atoms with Crippen molar-refractivity contribution >= 4 is 5.91 Å². The van der Waals surface area contributed by atoms with Gasteiger partial charge in [0.1, 0.15) is 5.92 Å². The van der Waals surface area contributed by atoms with E-state index in [-0.39, 0.29) is 29.8 Å². The number of allylic oxidation sites excluding steroid dienone is 4. The highest BCUT2D eigenvalue weighted by atomic mass is 19.4. The summed E-state index contributed by atoms with van der Waals surface area (Å²) >= 11 is 0. The van der Waals surface area contributed by atoms with E-state index < -0.39 is 42.6 Å². The van der Waals surface area contributed by atoms with Gasteiger partial charge in [-0.25, -0.2) is 0 Å². The number of rotatable bonds is 2. The van der Waals surface area contributed by atoms with Gasteiger partial charge in [0.25, 0.3) is 0 Å². The lowest BCUT2D eigenvalue weighted by Crippen LogP contribution is -2.46. The maximum absolute atomic E-state index is 13.8. The minimum absolute atomic E-state index is 0.0899. The maximum Gasteiger partial charge on any atom is 0.397 e. The lowest BCUT2D eigenvalue weighted by atomic mass is 9.73. The predicted octanol–water partition coefficient (Wildman–Crippen LogP) is 4.06. The molecule has 0 bridgehead atoms. The van der Waals surface area contributed by atoms with Gasteiger partial charge in [0.15, 0.2) is 0 Å². The van der Waals surface area contributed by atoms with Crippen molar-refractivity contribution in [1.29, 1.82) is 0 Å². The molecule has 2 heterocycles. The van der Waals surface area contributed by atoms with Gasteiger partial charge in [-0.3, -0.25) is 4.79 Å². The molecule has 0 aromatic rings. The van der Waals surface area contributed by atoms with Gasteiger partial charge in [-0.1, -0.05) is 19.1 Å². The fraction of sp³-hybridized carbons (Fsp3) is 0.588. The van der Waals surface area contributed by atoms with Crippen LogP contribution in [0.15, 0.2) is 34.7 Å². The minimum atomic E-state index is -4.61. The van der Waals surface area contributed by atoms with E-state index in [2.05, 4.69) is 5.32 Å². The third kappa shape index (κ3) is 3.12. The highest BCUT2D eigenvalue weighted by molar-refractivity contribution is 5.87. The molecule has 0 saturated carbocycles. The van der Waals surface area contributed by atoms with E-state index in [1.54, 1.807) is 6.92 Å². The number of amides is 1. The van der Waals surface area contributed by atoms with Crippen LogP contribution in [0.5, 0.6) is 0 Å². The first kappa shape index (κ1) is 18.8. The number of hydrogen-bond acceptors (Lipinski definition) is 2. The highest BCUT2D eigenvalue weighted by Gasteiger charge is 2.54. The van der Waals surface area contributed by atoms with Gasteiger partial charge in [0.2, 0.25) is 5.91 Å². The number of hydrogen-bond donors (Lipinski definition) is 1. The number of nitrogens with zero attached hydrogens (tertiary/aromatic N) is 1. The van der Waals surface area contributed by atoms with Crippen LogP contribution in [-0.4, -0.2) is 36.2 Å². The van der Waals surface area contributed by atoms with Crippen LogP contribution in [0.1, 0.15) is 26.2 Å². The Morgan fingerprint density at radius 3 is 2.42 bits per heavy atom. The molecule has 0 aromatic carbocycles. The largest absolute Gasteiger partial charge is 0.397 e. The second-order valence-electron chi connectivity index (χ2n) is 6.81. The number of likely N-dealkylation sites (N-methyl/N-ethyl adjacent to an activating group) is 1. The minimum Gasteiger partial charge on any atom is -0.370 e. The maximum atomic E-state index is 13.8. The molecular weight excluding hydrogens is 362 g/mol. The van der Waals surface area contributed by atoms with E-state index in [4.69, 9.17) is 0 Å². The Bertz CT molecular complexity index is 716. The highest BCUT2D eigenvalue weighted by Crippen LogP contribution is 2.52. The summed E-state index contributed by atoms with van der Waals surface area (Å²) in [5.41, 5.74) is 0.763. The zero-order valence-electron chi connectivity index (χ0n) is 14.1. The van der Waals surface area contributed by atoms with Gasteiger partial charge in [-0.15, -0.1) is 0 Å². The lowest BCUT2D eigenvalue weighted by molar-refractivity contribution is -0.178.